The maximum Gasteiger partial charge on any atom is 0.0655 e. The Labute approximate surface area is 182 Å². The highest BCUT2D eigenvalue weighted by Crippen LogP contribution is 2.22. The van der Waals surface area contributed by atoms with Crippen LogP contribution in [0.15, 0.2) is 54.8 Å². The van der Waals surface area contributed by atoms with Crippen molar-refractivity contribution >= 4 is 6.08 Å². The molecule has 162 valence electrons. The van der Waals surface area contributed by atoms with Crippen molar-refractivity contribution in [2.45, 2.75) is 88.0 Å². The number of allylic oxidation sites excluding steroid dienone is 2. The SMILES string of the molecule is C/C=C\c1ncc(-c2cccc(C)c2)cc1C.C=C(C)CC.CC.CCCCC. The molecular weight excluding hydrogens is 350 g/mol. The summed E-state index contributed by atoms with van der Waals surface area (Å²) in [5.74, 6) is 0. The highest BCUT2D eigenvalue weighted by molar-refractivity contribution is 5.65. The fourth-order valence-corrected chi connectivity index (χ4v) is 2.25. The van der Waals surface area contributed by atoms with E-state index >= 15 is 0 Å². The Kier molecular flexibility index (Phi) is 19.2. The summed E-state index contributed by atoms with van der Waals surface area (Å²) in [7, 11) is 0. The largest absolute Gasteiger partial charge is 0.256 e. The van der Waals surface area contributed by atoms with Crippen molar-refractivity contribution in [1.82, 2.24) is 4.98 Å². The number of hydrogen-bond donors (Lipinski definition) is 0. The van der Waals surface area contributed by atoms with Crippen molar-refractivity contribution in [2.24, 2.45) is 0 Å². The first-order valence-electron chi connectivity index (χ1n) is 11.2. The lowest BCUT2D eigenvalue weighted by atomic mass is 10.0. The van der Waals surface area contributed by atoms with E-state index < -0.39 is 0 Å². The molecule has 1 nitrogen and oxygen atoms in total. The number of aryl methyl sites for hydroxylation is 2. The summed E-state index contributed by atoms with van der Waals surface area (Å²) in [6.45, 7) is 22.4. The Hall–Kier alpha value is -2.15. The second kappa shape index (κ2) is 19.2. The second-order valence-electron chi connectivity index (χ2n) is 6.96. The minimum absolute atomic E-state index is 1.05. The monoisotopic (exact) mass is 395 g/mol. The van der Waals surface area contributed by atoms with Crippen molar-refractivity contribution in [3.63, 3.8) is 0 Å². The van der Waals surface area contributed by atoms with Gasteiger partial charge in [0.1, 0.15) is 0 Å². The average molecular weight is 396 g/mol. The first-order valence-corrected chi connectivity index (χ1v) is 11.2. The number of unbranched alkanes of at least 4 members (excludes halogenated alkanes) is 2. The number of aromatic nitrogens is 1. The van der Waals surface area contributed by atoms with Gasteiger partial charge in [-0.25, -0.2) is 0 Å². The fraction of sp³-hybridized carbons (Fsp3) is 0.464. The summed E-state index contributed by atoms with van der Waals surface area (Å²) < 4.78 is 0. The molecular formula is C28H45N. The van der Waals surface area contributed by atoms with Crippen LogP contribution in [-0.4, -0.2) is 4.98 Å². The molecule has 2 aromatic rings. The molecule has 0 atom stereocenters. The summed E-state index contributed by atoms with van der Waals surface area (Å²) in [5.41, 5.74) is 7.20. The Morgan fingerprint density at radius 3 is 1.97 bits per heavy atom. The van der Waals surface area contributed by atoms with E-state index in [-0.39, 0.29) is 0 Å². The van der Waals surface area contributed by atoms with Crippen molar-refractivity contribution in [2.75, 3.05) is 0 Å². The van der Waals surface area contributed by atoms with Crippen LogP contribution >= 0.6 is 0 Å². The van der Waals surface area contributed by atoms with Crippen LogP contribution in [-0.2, 0) is 0 Å². The van der Waals surface area contributed by atoms with Crippen LogP contribution in [0.4, 0.5) is 0 Å². The number of nitrogens with zero attached hydrogens (tertiary/aromatic N) is 1. The number of pyridine rings is 1. The summed E-state index contributed by atoms with van der Waals surface area (Å²) in [4.78, 5) is 4.49. The number of benzene rings is 1. The van der Waals surface area contributed by atoms with Crippen LogP contribution in [0.2, 0.25) is 0 Å². The molecule has 1 heterocycles. The molecule has 0 unspecified atom stereocenters. The Bertz CT molecular complexity index is 693. The minimum Gasteiger partial charge on any atom is -0.256 e. The number of rotatable bonds is 5. The van der Waals surface area contributed by atoms with E-state index in [4.69, 9.17) is 0 Å². The molecule has 1 aromatic carbocycles. The van der Waals surface area contributed by atoms with E-state index in [0.717, 1.165) is 12.1 Å². The van der Waals surface area contributed by atoms with E-state index in [1.165, 1.54) is 47.1 Å². The highest BCUT2D eigenvalue weighted by Gasteiger charge is 2.01. The third kappa shape index (κ3) is 14.5. The molecule has 1 heteroatoms. The van der Waals surface area contributed by atoms with Crippen molar-refractivity contribution < 1.29 is 0 Å². The quantitative estimate of drug-likeness (QED) is 0.459. The van der Waals surface area contributed by atoms with Crippen molar-refractivity contribution in [1.29, 1.82) is 0 Å². The molecule has 0 radical (unpaired) electrons. The molecule has 0 N–H and O–H groups in total. The minimum atomic E-state index is 1.05. The lowest BCUT2D eigenvalue weighted by Crippen LogP contribution is -1.89. The highest BCUT2D eigenvalue weighted by atomic mass is 14.7. The van der Waals surface area contributed by atoms with Gasteiger partial charge in [0, 0.05) is 11.8 Å². The molecule has 0 saturated heterocycles. The van der Waals surface area contributed by atoms with Crippen LogP contribution in [0.3, 0.4) is 0 Å². The molecule has 2 rings (SSSR count). The first kappa shape index (κ1) is 29.1. The molecule has 0 spiro atoms. The summed E-state index contributed by atoms with van der Waals surface area (Å²) in [5, 5.41) is 0. The summed E-state index contributed by atoms with van der Waals surface area (Å²) in [6, 6.07) is 10.7. The lowest BCUT2D eigenvalue weighted by molar-refractivity contribution is 0.772. The maximum atomic E-state index is 4.49. The van der Waals surface area contributed by atoms with E-state index in [1.54, 1.807) is 0 Å². The predicted molar refractivity (Wildman–Crippen MR) is 136 cm³/mol. The average Bonchev–Trinajstić information content (AvgIpc) is 2.72. The Morgan fingerprint density at radius 2 is 1.59 bits per heavy atom. The van der Waals surface area contributed by atoms with Gasteiger partial charge < -0.3 is 0 Å². The van der Waals surface area contributed by atoms with Gasteiger partial charge in [-0.1, -0.05) is 95.4 Å². The van der Waals surface area contributed by atoms with E-state index in [9.17, 15) is 0 Å². The smallest absolute Gasteiger partial charge is 0.0655 e. The molecule has 0 fully saturated rings. The summed E-state index contributed by atoms with van der Waals surface area (Å²) in [6.07, 6.45) is 11.2. The van der Waals surface area contributed by atoms with Crippen molar-refractivity contribution in [3.8, 4) is 11.1 Å². The second-order valence-corrected chi connectivity index (χ2v) is 6.96. The summed E-state index contributed by atoms with van der Waals surface area (Å²) >= 11 is 0. The Morgan fingerprint density at radius 1 is 1.00 bits per heavy atom. The van der Waals surface area contributed by atoms with Gasteiger partial charge in [0.2, 0.25) is 0 Å². The van der Waals surface area contributed by atoms with Gasteiger partial charge >= 0.3 is 0 Å². The predicted octanol–water partition coefficient (Wildman–Crippen LogP) is 9.59. The van der Waals surface area contributed by atoms with Gasteiger partial charge in [0.25, 0.3) is 0 Å². The lowest BCUT2D eigenvalue weighted by Gasteiger charge is -2.06. The third-order valence-corrected chi connectivity index (χ3v) is 4.11. The zero-order valence-electron chi connectivity index (χ0n) is 20.6. The molecule has 0 bridgehead atoms. The molecule has 29 heavy (non-hydrogen) atoms. The van der Waals surface area contributed by atoms with E-state index in [1.807, 2.05) is 46.0 Å². The van der Waals surface area contributed by atoms with Gasteiger partial charge in [0.05, 0.1) is 5.69 Å². The topological polar surface area (TPSA) is 12.9 Å². The van der Waals surface area contributed by atoms with E-state index in [2.05, 4.69) is 76.5 Å². The Balaban J connectivity index is 0. The normalized spacial score (nSPS) is 9.41. The standard InChI is InChI=1S/C16H17N.C5H10.C5H12.C2H6/c1-4-6-16-13(3)10-15(11-17-16)14-8-5-7-12(2)9-14;1-4-5(2)3;1-3-5-4-2;1-2/h4-11H,1-3H3;2,4H2,1,3H3;3-5H2,1-2H3;1-2H3/b6-4-;;;. The van der Waals surface area contributed by atoms with Gasteiger partial charge in [-0.05, 0) is 57.4 Å². The van der Waals surface area contributed by atoms with Gasteiger partial charge in [-0.2, -0.15) is 0 Å². The van der Waals surface area contributed by atoms with Crippen LogP contribution in [0.5, 0.6) is 0 Å². The number of hydrogen-bond acceptors (Lipinski definition) is 1. The van der Waals surface area contributed by atoms with Crippen LogP contribution in [0.25, 0.3) is 17.2 Å². The zero-order chi connectivity index (χ0) is 22.7. The molecule has 0 aliphatic carbocycles. The fourth-order valence-electron chi connectivity index (χ4n) is 2.25. The molecule has 0 amide bonds. The van der Waals surface area contributed by atoms with Gasteiger partial charge in [-0.3, -0.25) is 4.98 Å². The van der Waals surface area contributed by atoms with Gasteiger partial charge in [0.15, 0.2) is 0 Å². The third-order valence-electron chi connectivity index (χ3n) is 4.11. The molecule has 0 aliphatic heterocycles. The molecule has 0 saturated carbocycles. The van der Waals surface area contributed by atoms with Gasteiger partial charge in [-0.15, -0.1) is 6.58 Å². The first-order chi connectivity index (χ1) is 13.9. The van der Waals surface area contributed by atoms with E-state index in [0.29, 0.717) is 0 Å². The molecule has 0 aliphatic rings. The zero-order valence-corrected chi connectivity index (χ0v) is 20.6. The van der Waals surface area contributed by atoms with Crippen LogP contribution in [0.1, 0.15) is 91.0 Å². The van der Waals surface area contributed by atoms with Crippen LogP contribution in [0, 0.1) is 13.8 Å². The van der Waals surface area contributed by atoms with Crippen LogP contribution < -0.4 is 0 Å². The van der Waals surface area contributed by atoms with Crippen molar-refractivity contribution in [3.05, 3.63) is 71.6 Å². The molecule has 1 aromatic heterocycles. The maximum absolute atomic E-state index is 4.49.